The molecule has 0 spiro atoms. The number of nitrogens with zero attached hydrogens (tertiary/aromatic N) is 2. The predicted molar refractivity (Wildman–Crippen MR) is 85.1 cm³/mol. The summed E-state index contributed by atoms with van der Waals surface area (Å²) in [5, 5.41) is 10.1. The summed E-state index contributed by atoms with van der Waals surface area (Å²) in [7, 11) is 0. The summed E-state index contributed by atoms with van der Waals surface area (Å²) in [5.74, 6) is 0.907. The summed E-state index contributed by atoms with van der Waals surface area (Å²) in [6, 6.07) is 5.58. The lowest BCUT2D eigenvalue weighted by atomic mass is 9.83. The van der Waals surface area contributed by atoms with Crippen LogP contribution in [0.3, 0.4) is 0 Å². The predicted octanol–water partition coefficient (Wildman–Crippen LogP) is 1.05. The highest BCUT2D eigenvalue weighted by Gasteiger charge is 2.34. The summed E-state index contributed by atoms with van der Waals surface area (Å²) in [6.07, 6.45) is 0.853. The second kappa shape index (κ2) is 6.52. The molecule has 0 aromatic carbocycles. The van der Waals surface area contributed by atoms with Crippen molar-refractivity contribution in [3.63, 3.8) is 0 Å². The van der Waals surface area contributed by atoms with Gasteiger partial charge in [0.2, 0.25) is 0 Å². The number of aliphatic hydroxyl groups is 1. The van der Waals surface area contributed by atoms with E-state index in [0.29, 0.717) is 25.0 Å². The van der Waals surface area contributed by atoms with Crippen molar-refractivity contribution >= 4 is 0 Å². The van der Waals surface area contributed by atoms with Crippen LogP contribution in [-0.2, 0) is 11.3 Å². The molecule has 3 atom stereocenters. The first-order valence-electron chi connectivity index (χ1n) is 8.24. The van der Waals surface area contributed by atoms with E-state index in [9.17, 15) is 9.90 Å². The fourth-order valence-corrected chi connectivity index (χ4v) is 3.80. The molecular weight excluding hydrogens is 280 g/mol. The summed E-state index contributed by atoms with van der Waals surface area (Å²) in [5.41, 5.74) is 1.27. The Morgan fingerprint density at radius 3 is 2.91 bits per heavy atom. The van der Waals surface area contributed by atoms with Crippen molar-refractivity contribution in [3.8, 4) is 0 Å². The van der Waals surface area contributed by atoms with Crippen LogP contribution in [0.1, 0.15) is 31.9 Å². The minimum Gasteiger partial charge on any atom is -0.389 e. The average Bonchev–Trinajstić information content (AvgIpc) is 2.46. The lowest BCUT2D eigenvalue weighted by molar-refractivity contribution is -0.0174. The topological polar surface area (TPSA) is 54.7 Å². The molecule has 22 heavy (non-hydrogen) atoms. The van der Waals surface area contributed by atoms with Gasteiger partial charge in [-0.2, -0.15) is 0 Å². The number of likely N-dealkylation sites (tertiary alicyclic amines) is 1. The van der Waals surface area contributed by atoms with E-state index in [0.717, 1.165) is 31.7 Å². The Hall–Kier alpha value is -1.17. The van der Waals surface area contributed by atoms with E-state index in [1.54, 1.807) is 6.07 Å². The Kier molecular flexibility index (Phi) is 4.66. The van der Waals surface area contributed by atoms with Crippen molar-refractivity contribution in [2.24, 2.45) is 5.92 Å². The van der Waals surface area contributed by atoms with E-state index in [1.165, 1.54) is 0 Å². The monoisotopic (exact) mass is 306 g/mol. The molecular formula is C17H26N2O3. The molecule has 5 nitrogen and oxygen atoms in total. The molecule has 3 rings (SSSR count). The molecule has 1 aromatic rings. The van der Waals surface area contributed by atoms with Crippen molar-refractivity contribution in [1.82, 2.24) is 9.47 Å². The molecule has 0 amide bonds. The van der Waals surface area contributed by atoms with E-state index in [4.69, 9.17) is 4.74 Å². The molecule has 0 aliphatic carbocycles. The van der Waals surface area contributed by atoms with E-state index < -0.39 is 6.10 Å². The molecule has 0 radical (unpaired) electrons. The lowest BCUT2D eigenvalue weighted by Crippen LogP contribution is -2.49. The average molecular weight is 306 g/mol. The van der Waals surface area contributed by atoms with Gasteiger partial charge in [-0.05, 0) is 32.3 Å². The second-order valence-electron chi connectivity index (χ2n) is 6.95. The Morgan fingerprint density at radius 1 is 1.32 bits per heavy atom. The minimum absolute atomic E-state index is 0.117. The Morgan fingerprint density at radius 2 is 2.14 bits per heavy atom. The van der Waals surface area contributed by atoms with Gasteiger partial charge in [0.05, 0.1) is 18.8 Å². The van der Waals surface area contributed by atoms with Crippen LogP contribution < -0.4 is 5.56 Å². The van der Waals surface area contributed by atoms with Crippen molar-refractivity contribution in [2.45, 2.75) is 44.9 Å². The zero-order valence-corrected chi connectivity index (χ0v) is 13.4. The maximum atomic E-state index is 12.0. The van der Waals surface area contributed by atoms with Gasteiger partial charge in [-0.1, -0.05) is 6.07 Å². The van der Waals surface area contributed by atoms with Crippen LogP contribution in [-0.4, -0.2) is 53.0 Å². The van der Waals surface area contributed by atoms with Crippen molar-refractivity contribution in [3.05, 3.63) is 34.2 Å². The molecule has 1 N–H and O–H groups in total. The van der Waals surface area contributed by atoms with Crippen LogP contribution in [0, 0.1) is 5.92 Å². The quantitative estimate of drug-likeness (QED) is 0.883. The zero-order valence-electron chi connectivity index (χ0n) is 13.4. The number of hydrogen-bond acceptors (Lipinski definition) is 4. The molecule has 2 unspecified atom stereocenters. The highest BCUT2D eigenvalue weighted by atomic mass is 16.5. The Bertz CT molecular complexity index is 569. The van der Waals surface area contributed by atoms with Gasteiger partial charge in [0, 0.05) is 43.9 Å². The van der Waals surface area contributed by atoms with Crippen LogP contribution in [0.4, 0.5) is 0 Å². The molecule has 1 saturated heterocycles. The number of piperidine rings is 1. The highest BCUT2D eigenvalue weighted by molar-refractivity contribution is 5.16. The third-order valence-electron chi connectivity index (χ3n) is 4.65. The number of ether oxygens (including phenoxy) is 1. The molecule has 2 bridgehead atoms. The number of aromatic nitrogens is 1. The van der Waals surface area contributed by atoms with Gasteiger partial charge in [0.15, 0.2) is 0 Å². The molecule has 122 valence electrons. The third kappa shape index (κ3) is 3.42. The largest absolute Gasteiger partial charge is 0.389 e. The fourth-order valence-electron chi connectivity index (χ4n) is 3.80. The first-order chi connectivity index (χ1) is 10.5. The summed E-state index contributed by atoms with van der Waals surface area (Å²) < 4.78 is 7.43. The SMILES string of the molecule is CC(C)OCC(O)CN1CC2C[C@H](C1)Cn1c2cccc1=O. The first-order valence-corrected chi connectivity index (χ1v) is 8.24. The van der Waals surface area contributed by atoms with Crippen LogP contribution in [0.5, 0.6) is 0 Å². The third-order valence-corrected chi connectivity index (χ3v) is 4.65. The fraction of sp³-hybridized carbons (Fsp3) is 0.706. The molecule has 3 heterocycles. The maximum absolute atomic E-state index is 12.0. The van der Waals surface area contributed by atoms with Gasteiger partial charge in [-0.25, -0.2) is 0 Å². The van der Waals surface area contributed by atoms with E-state index in [1.807, 2.05) is 24.5 Å². The normalized spacial score (nSPS) is 26.0. The molecule has 2 aliphatic heterocycles. The van der Waals surface area contributed by atoms with Gasteiger partial charge in [0.1, 0.15) is 0 Å². The number of β-amino-alcohol motifs (C(OH)–C–C–N with tert-alkyl or cyclic N) is 1. The number of fused-ring (bicyclic) bond motifs is 4. The van der Waals surface area contributed by atoms with Gasteiger partial charge >= 0.3 is 0 Å². The Balaban J connectivity index is 1.65. The van der Waals surface area contributed by atoms with Crippen molar-refractivity contribution in [2.75, 3.05) is 26.2 Å². The van der Waals surface area contributed by atoms with Gasteiger partial charge in [-0.3, -0.25) is 9.69 Å². The maximum Gasteiger partial charge on any atom is 0.250 e. The number of hydrogen-bond donors (Lipinski definition) is 1. The lowest BCUT2D eigenvalue weighted by Gasteiger charge is -2.43. The number of pyridine rings is 1. The molecule has 0 saturated carbocycles. The molecule has 1 fully saturated rings. The molecule has 1 aromatic heterocycles. The van der Waals surface area contributed by atoms with Gasteiger partial charge in [0.25, 0.3) is 5.56 Å². The highest BCUT2D eigenvalue weighted by Crippen LogP contribution is 2.34. The number of aliphatic hydroxyl groups excluding tert-OH is 1. The molecule has 5 heteroatoms. The van der Waals surface area contributed by atoms with Crippen LogP contribution in [0.25, 0.3) is 0 Å². The summed E-state index contributed by atoms with van der Waals surface area (Å²) in [6.45, 7) is 7.67. The summed E-state index contributed by atoms with van der Waals surface area (Å²) in [4.78, 5) is 14.3. The van der Waals surface area contributed by atoms with Gasteiger partial charge in [-0.15, -0.1) is 0 Å². The van der Waals surface area contributed by atoms with Crippen LogP contribution >= 0.6 is 0 Å². The van der Waals surface area contributed by atoms with Crippen molar-refractivity contribution < 1.29 is 9.84 Å². The summed E-state index contributed by atoms with van der Waals surface area (Å²) >= 11 is 0. The van der Waals surface area contributed by atoms with Crippen LogP contribution in [0.2, 0.25) is 0 Å². The minimum atomic E-state index is -0.445. The van der Waals surface area contributed by atoms with E-state index in [2.05, 4.69) is 11.0 Å². The number of rotatable bonds is 5. The van der Waals surface area contributed by atoms with Crippen molar-refractivity contribution in [1.29, 1.82) is 0 Å². The van der Waals surface area contributed by atoms with Gasteiger partial charge < -0.3 is 14.4 Å². The van der Waals surface area contributed by atoms with E-state index in [-0.39, 0.29) is 11.7 Å². The Labute approximate surface area is 131 Å². The first kappa shape index (κ1) is 15.7. The zero-order chi connectivity index (χ0) is 15.7. The standard InChI is InChI=1S/C17H26N2O3/c1-12(2)22-11-15(20)10-18-7-13-6-14(9-18)16-4-3-5-17(21)19(16)8-13/h3-5,12-15,20H,6-11H2,1-2H3/t13-,14?,15?/m1/s1. The van der Waals surface area contributed by atoms with Crippen LogP contribution in [0.15, 0.2) is 23.0 Å². The molecule has 2 aliphatic rings. The van der Waals surface area contributed by atoms with E-state index >= 15 is 0 Å². The second-order valence-corrected chi connectivity index (χ2v) is 6.95. The smallest absolute Gasteiger partial charge is 0.250 e.